The van der Waals surface area contributed by atoms with Crippen LogP contribution in [0.25, 0.3) is 0 Å². The van der Waals surface area contributed by atoms with E-state index in [2.05, 4.69) is 15.5 Å². The molecule has 5 nitrogen and oxygen atoms in total. The number of nitrogens with zero attached hydrogens (tertiary/aromatic N) is 2. The molecule has 5 heteroatoms. The quantitative estimate of drug-likeness (QED) is 0.857. The molecule has 1 heterocycles. The van der Waals surface area contributed by atoms with Gasteiger partial charge in [-0.05, 0) is 18.6 Å². The Kier molecular flexibility index (Phi) is 3.72. The average Bonchev–Trinajstić information content (AvgIpc) is 2.76. The third-order valence-corrected chi connectivity index (χ3v) is 2.36. The maximum absolute atomic E-state index is 5.08. The van der Waals surface area contributed by atoms with Crippen LogP contribution in [0.2, 0.25) is 0 Å². The van der Waals surface area contributed by atoms with E-state index in [9.17, 15) is 0 Å². The van der Waals surface area contributed by atoms with Crippen LogP contribution in [0.3, 0.4) is 0 Å². The van der Waals surface area contributed by atoms with Crippen LogP contribution in [0, 0.1) is 6.92 Å². The second-order valence-corrected chi connectivity index (χ2v) is 3.71. The molecule has 0 radical (unpaired) electrons. The van der Waals surface area contributed by atoms with E-state index in [0.717, 1.165) is 5.69 Å². The Balaban J connectivity index is 1.95. The van der Waals surface area contributed by atoms with Crippen LogP contribution >= 0.6 is 0 Å². The molecule has 0 amide bonds. The van der Waals surface area contributed by atoms with Crippen molar-refractivity contribution in [2.45, 2.75) is 20.1 Å². The molecule has 90 valence electrons. The first-order valence-corrected chi connectivity index (χ1v) is 5.39. The van der Waals surface area contributed by atoms with Gasteiger partial charge in [-0.2, -0.15) is 4.98 Å². The van der Waals surface area contributed by atoms with Gasteiger partial charge in [-0.3, -0.25) is 0 Å². The van der Waals surface area contributed by atoms with Crippen LogP contribution in [0.1, 0.15) is 17.3 Å². The van der Waals surface area contributed by atoms with E-state index in [1.807, 2.05) is 31.2 Å². The van der Waals surface area contributed by atoms with E-state index < -0.39 is 0 Å². The van der Waals surface area contributed by atoms with Crippen molar-refractivity contribution in [3.63, 3.8) is 0 Å². The topological polar surface area (TPSA) is 60.2 Å². The highest BCUT2D eigenvalue weighted by atomic mass is 16.5. The summed E-state index contributed by atoms with van der Waals surface area (Å²) in [5.41, 5.74) is 2.25. The third kappa shape index (κ3) is 3.04. The normalized spacial score (nSPS) is 10.5. The molecule has 0 atom stereocenters. The van der Waals surface area contributed by atoms with Gasteiger partial charge in [0.05, 0.1) is 6.54 Å². The predicted octanol–water partition coefficient (Wildman–Crippen LogP) is 2.14. The van der Waals surface area contributed by atoms with Crippen LogP contribution in [0.4, 0.5) is 5.69 Å². The van der Waals surface area contributed by atoms with Gasteiger partial charge in [0.1, 0.15) is 6.61 Å². The number of hydrogen-bond donors (Lipinski definition) is 1. The first kappa shape index (κ1) is 11.6. The summed E-state index contributed by atoms with van der Waals surface area (Å²) >= 11 is 0. The van der Waals surface area contributed by atoms with Gasteiger partial charge in [-0.15, -0.1) is 0 Å². The van der Waals surface area contributed by atoms with Gasteiger partial charge < -0.3 is 14.6 Å². The molecule has 1 N–H and O–H groups in total. The van der Waals surface area contributed by atoms with E-state index in [4.69, 9.17) is 9.26 Å². The Hall–Kier alpha value is -1.88. The predicted molar refractivity (Wildman–Crippen MR) is 63.5 cm³/mol. The zero-order valence-corrected chi connectivity index (χ0v) is 9.93. The smallest absolute Gasteiger partial charge is 0.246 e. The highest BCUT2D eigenvalue weighted by Gasteiger charge is 2.05. The van der Waals surface area contributed by atoms with Crippen molar-refractivity contribution in [2.75, 3.05) is 12.4 Å². The minimum Gasteiger partial charge on any atom is -0.377 e. The van der Waals surface area contributed by atoms with Crippen LogP contribution in [-0.2, 0) is 17.9 Å². The Morgan fingerprint density at radius 3 is 2.94 bits per heavy atom. The molecule has 0 fully saturated rings. The number of aryl methyl sites for hydroxylation is 1. The zero-order valence-electron chi connectivity index (χ0n) is 9.93. The van der Waals surface area contributed by atoms with E-state index in [-0.39, 0.29) is 0 Å². The third-order valence-electron chi connectivity index (χ3n) is 2.36. The molecule has 1 aromatic carbocycles. The maximum atomic E-state index is 5.08. The molecule has 0 spiro atoms. The summed E-state index contributed by atoms with van der Waals surface area (Å²) in [6.07, 6.45) is 0. The number of anilines is 1. The van der Waals surface area contributed by atoms with Crippen molar-refractivity contribution in [3.8, 4) is 0 Å². The van der Waals surface area contributed by atoms with Crippen LogP contribution < -0.4 is 5.32 Å². The van der Waals surface area contributed by atoms with Crippen molar-refractivity contribution in [3.05, 3.63) is 41.5 Å². The second-order valence-electron chi connectivity index (χ2n) is 3.71. The summed E-state index contributed by atoms with van der Waals surface area (Å²) in [5.74, 6) is 1.12. The van der Waals surface area contributed by atoms with Crippen molar-refractivity contribution in [1.29, 1.82) is 0 Å². The van der Waals surface area contributed by atoms with E-state index in [1.54, 1.807) is 7.11 Å². The van der Waals surface area contributed by atoms with Gasteiger partial charge in [-0.25, -0.2) is 0 Å². The minimum atomic E-state index is 0.369. The number of aromatic nitrogens is 2. The summed E-state index contributed by atoms with van der Waals surface area (Å²) in [6.45, 7) is 2.93. The van der Waals surface area contributed by atoms with Crippen LogP contribution in [0.15, 0.2) is 28.8 Å². The lowest BCUT2D eigenvalue weighted by molar-refractivity contribution is 0.174. The van der Waals surface area contributed by atoms with E-state index in [1.165, 1.54) is 5.56 Å². The molecule has 0 saturated heterocycles. The van der Waals surface area contributed by atoms with Crippen molar-refractivity contribution in [1.82, 2.24) is 10.1 Å². The number of ether oxygens (including phenoxy) is 1. The van der Waals surface area contributed by atoms with Gasteiger partial charge in [0.15, 0.2) is 5.82 Å². The molecule has 0 unspecified atom stereocenters. The van der Waals surface area contributed by atoms with Gasteiger partial charge in [0, 0.05) is 12.8 Å². The summed E-state index contributed by atoms with van der Waals surface area (Å²) < 4.78 is 9.99. The molecule has 0 aliphatic rings. The monoisotopic (exact) mass is 233 g/mol. The van der Waals surface area contributed by atoms with Gasteiger partial charge in [-0.1, -0.05) is 23.4 Å². The molecule has 1 aromatic heterocycles. The molecule has 0 bridgehead atoms. The van der Waals surface area contributed by atoms with Gasteiger partial charge in [0.25, 0.3) is 0 Å². The van der Waals surface area contributed by atoms with Gasteiger partial charge >= 0.3 is 0 Å². The van der Waals surface area contributed by atoms with Crippen LogP contribution in [-0.4, -0.2) is 17.3 Å². The first-order chi connectivity index (χ1) is 8.29. The molecule has 2 aromatic rings. The number of benzene rings is 1. The molecule has 0 aliphatic heterocycles. The standard InChI is InChI=1S/C12H15N3O2/c1-9-5-3-4-6-10(9)13-7-12-14-11(8-16-2)15-17-12/h3-6,13H,7-8H2,1-2H3. The summed E-state index contributed by atoms with van der Waals surface area (Å²) in [5, 5.41) is 7.04. The fourth-order valence-corrected chi connectivity index (χ4v) is 1.49. The lowest BCUT2D eigenvalue weighted by atomic mass is 10.2. The molecule has 0 aliphatic carbocycles. The van der Waals surface area contributed by atoms with Crippen molar-refractivity contribution < 1.29 is 9.26 Å². The number of methoxy groups -OCH3 is 1. The highest BCUT2D eigenvalue weighted by Crippen LogP contribution is 2.14. The fraction of sp³-hybridized carbons (Fsp3) is 0.333. The zero-order chi connectivity index (χ0) is 12.1. The van der Waals surface area contributed by atoms with Gasteiger partial charge in [0.2, 0.25) is 5.89 Å². The largest absolute Gasteiger partial charge is 0.377 e. The lowest BCUT2D eigenvalue weighted by Gasteiger charge is -2.05. The summed E-state index contributed by atoms with van der Waals surface area (Å²) in [6, 6.07) is 8.05. The fourth-order valence-electron chi connectivity index (χ4n) is 1.49. The Morgan fingerprint density at radius 1 is 1.35 bits per heavy atom. The maximum Gasteiger partial charge on any atom is 0.246 e. The molecular formula is C12H15N3O2. The van der Waals surface area contributed by atoms with Crippen molar-refractivity contribution in [2.24, 2.45) is 0 Å². The van der Waals surface area contributed by atoms with Crippen molar-refractivity contribution >= 4 is 5.69 Å². The number of rotatable bonds is 5. The summed E-state index contributed by atoms with van der Waals surface area (Å²) in [7, 11) is 1.60. The second kappa shape index (κ2) is 5.45. The highest BCUT2D eigenvalue weighted by molar-refractivity contribution is 5.50. The number of para-hydroxylation sites is 1. The molecule has 0 saturated carbocycles. The van der Waals surface area contributed by atoms with E-state index in [0.29, 0.717) is 24.9 Å². The van der Waals surface area contributed by atoms with E-state index >= 15 is 0 Å². The number of nitrogens with one attached hydrogen (secondary N) is 1. The Bertz CT molecular complexity index is 482. The Labute approximate surface area is 99.8 Å². The first-order valence-electron chi connectivity index (χ1n) is 5.39. The molecular weight excluding hydrogens is 218 g/mol. The Morgan fingerprint density at radius 2 is 2.18 bits per heavy atom. The lowest BCUT2D eigenvalue weighted by Crippen LogP contribution is -2.01. The van der Waals surface area contributed by atoms with Crippen LogP contribution in [0.5, 0.6) is 0 Å². The molecule has 17 heavy (non-hydrogen) atoms. The minimum absolute atomic E-state index is 0.369. The number of hydrogen-bond acceptors (Lipinski definition) is 5. The SMILES string of the molecule is COCc1noc(CNc2ccccc2C)n1. The average molecular weight is 233 g/mol. The summed E-state index contributed by atoms with van der Waals surface area (Å²) in [4.78, 5) is 4.18. The molecule has 2 rings (SSSR count).